The van der Waals surface area contributed by atoms with E-state index in [9.17, 15) is 4.79 Å². The summed E-state index contributed by atoms with van der Waals surface area (Å²) in [5, 5.41) is 0. The molecule has 0 atom stereocenters. The average Bonchev–Trinajstić information content (AvgIpc) is 2.72. The summed E-state index contributed by atoms with van der Waals surface area (Å²) in [5.74, 6) is 0.665. The average molecular weight is 346 g/mol. The molecule has 26 heavy (non-hydrogen) atoms. The third-order valence-electron chi connectivity index (χ3n) is 4.22. The second-order valence-electron chi connectivity index (χ2n) is 6.08. The Hall–Kier alpha value is -3.07. The Morgan fingerprint density at radius 1 is 0.808 bits per heavy atom. The summed E-state index contributed by atoms with van der Waals surface area (Å²) >= 11 is 0. The number of aryl methyl sites for hydroxylation is 1. The van der Waals surface area contributed by atoms with Crippen molar-refractivity contribution in [3.63, 3.8) is 0 Å². The summed E-state index contributed by atoms with van der Waals surface area (Å²) in [7, 11) is 1.41. The van der Waals surface area contributed by atoms with Crippen molar-refractivity contribution in [1.82, 2.24) is 0 Å². The summed E-state index contributed by atoms with van der Waals surface area (Å²) < 4.78 is 10.6. The van der Waals surface area contributed by atoms with E-state index in [0.29, 0.717) is 19.4 Å². The number of carbonyl (C=O) groups is 1. The van der Waals surface area contributed by atoms with Crippen molar-refractivity contribution in [2.45, 2.75) is 19.4 Å². The van der Waals surface area contributed by atoms with Crippen LogP contribution in [-0.4, -0.2) is 13.1 Å². The molecule has 3 rings (SSSR count). The van der Waals surface area contributed by atoms with Crippen molar-refractivity contribution >= 4 is 5.97 Å². The smallest absolute Gasteiger partial charge is 0.305 e. The number of hydrogen-bond acceptors (Lipinski definition) is 3. The second kappa shape index (κ2) is 8.86. The zero-order chi connectivity index (χ0) is 18.2. The Kier molecular flexibility index (Phi) is 6.05. The lowest BCUT2D eigenvalue weighted by Crippen LogP contribution is -2.01. The van der Waals surface area contributed by atoms with Gasteiger partial charge in [0.15, 0.2) is 0 Å². The molecule has 3 aromatic rings. The van der Waals surface area contributed by atoms with E-state index in [4.69, 9.17) is 4.74 Å². The Labute approximate surface area is 154 Å². The van der Waals surface area contributed by atoms with Crippen LogP contribution in [0, 0.1) is 0 Å². The van der Waals surface area contributed by atoms with Gasteiger partial charge in [0.2, 0.25) is 0 Å². The molecule has 0 bridgehead atoms. The summed E-state index contributed by atoms with van der Waals surface area (Å²) in [6, 6.07) is 26.5. The number of esters is 1. The van der Waals surface area contributed by atoms with E-state index in [0.717, 1.165) is 28.0 Å². The van der Waals surface area contributed by atoms with Crippen LogP contribution in [0.1, 0.15) is 17.5 Å². The van der Waals surface area contributed by atoms with Gasteiger partial charge in [0.05, 0.1) is 7.11 Å². The lowest BCUT2D eigenvalue weighted by molar-refractivity contribution is -0.140. The minimum atomic E-state index is -0.183. The minimum Gasteiger partial charge on any atom is -0.489 e. The molecule has 0 fully saturated rings. The molecular weight excluding hydrogens is 324 g/mol. The Morgan fingerprint density at radius 3 is 2.31 bits per heavy atom. The molecule has 0 aliphatic heterocycles. The molecule has 0 aromatic heterocycles. The molecule has 0 aliphatic carbocycles. The van der Waals surface area contributed by atoms with Gasteiger partial charge in [-0.3, -0.25) is 4.79 Å². The molecule has 0 amide bonds. The fourth-order valence-electron chi connectivity index (χ4n) is 2.72. The van der Waals surface area contributed by atoms with Gasteiger partial charge in [0.25, 0.3) is 0 Å². The Morgan fingerprint density at radius 2 is 1.58 bits per heavy atom. The molecule has 132 valence electrons. The van der Waals surface area contributed by atoms with Crippen molar-refractivity contribution in [2.75, 3.05) is 7.11 Å². The summed E-state index contributed by atoms with van der Waals surface area (Å²) in [4.78, 5) is 11.2. The van der Waals surface area contributed by atoms with E-state index in [-0.39, 0.29) is 5.97 Å². The van der Waals surface area contributed by atoms with Crippen LogP contribution in [0.2, 0.25) is 0 Å². The molecule has 0 unspecified atom stereocenters. The quantitative estimate of drug-likeness (QED) is 0.562. The van der Waals surface area contributed by atoms with Crippen molar-refractivity contribution in [2.24, 2.45) is 0 Å². The summed E-state index contributed by atoms with van der Waals surface area (Å²) in [6.07, 6.45) is 1.09. The van der Waals surface area contributed by atoms with Crippen molar-refractivity contribution in [3.8, 4) is 16.9 Å². The predicted octanol–water partition coefficient (Wildman–Crippen LogP) is 5.04. The van der Waals surface area contributed by atoms with Crippen LogP contribution in [0.3, 0.4) is 0 Å². The first-order valence-electron chi connectivity index (χ1n) is 8.67. The maximum Gasteiger partial charge on any atom is 0.305 e. The number of benzene rings is 3. The highest BCUT2D eigenvalue weighted by atomic mass is 16.5. The summed E-state index contributed by atoms with van der Waals surface area (Å²) in [5.41, 5.74) is 4.50. The fraction of sp³-hybridized carbons (Fsp3) is 0.174. The van der Waals surface area contributed by atoms with Crippen LogP contribution >= 0.6 is 0 Å². The van der Waals surface area contributed by atoms with E-state index in [1.54, 1.807) is 0 Å². The highest BCUT2D eigenvalue weighted by Crippen LogP contribution is 2.25. The van der Waals surface area contributed by atoms with Crippen LogP contribution in [-0.2, 0) is 22.6 Å². The predicted molar refractivity (Wildman–Crippen MR) is 103 cm³/mol. The molecule has 0 spiro atoms. The van der Waals surface area contributed by atoms with Gasteiger partial charge in [-0.15, -0.1) is 0 Å². The van der Waals surface area contributed by atoms with Gasteiger partial charge < -0.3 is 9.47 Å². The third-order valence-corrected chi connectivity index (χ3v) is 4.22. The highest BCUT2D eigenvalue weighted by molar-refractivity contribution is 5.69. The van der Waals surface area contributed by atoms with E-state index < -0.39 is 0 Å². The van der Waals surface area contributed by atoms with Crippen molar-refractivity contribution in [1.29, 1.82) is 0 Å². The van der Waals surface area contributed by atoms with Crippen LogP contribution < -0.4 is 4.74 Å². The van der Waals surface area contributed by atoms with Gasteiger partial charge in [-0.2, -0.15) is 0 Å². The molecule has 0 radical (unpaired) electrons. The SMILES string of the molecule is COC(=O)CCc1ccc(-c2cccc(OCc3ccccc3)c2)cc1. The lowest BCUT2D eigenvalue weighted by atomic mass is 10.0. The maximum atomic E-state index is 11.2. The number of ether oxygens (including phenoxy) is 2. The standard InChI is InChI=1S/C23H22O3/c1-25-23(24)15-12-18-10-13-20(14-11-18)21-8-5-9-22(16-21)26-17-19-6-3-2-4-7-19/h2-11,13-14,16H,12,15,17H2,1H3. The second-order valence-corrected chi connectivity index (χ2v) is 6.08. The zero-order valence-corrected chi connectivity index (χ0v) is 14.9. The van der Waals surface area contributed by atoms with Gasteiger partial charge in [-0.25, -0.2) is 0 Å². The highest BCUT2D eigenvalue weighted by Gasteiger charge is 2.04. The molecular formula is C23H22O3. The minimum absolute atomic E-state index is 0.183. The molecule has 0 N–H and O–H groups in total. The van der Waals surface area contributed by atoms with Gasteiger partial charge in [-0.1, -0.05) is 66.7 Å². The van der Waals surface area contributed by atoms with E-state index in [2.05, 4.69) is 47.2 Å². The van der Waals surface area contributed by atoms with Crippen LogP contribution in [0.5, 0.6) is 5.75 Å². The summed E-state index contributed by atoms with van der Waals surface area (Å²) in [6.45, 7) is 0.552. The first-order valence-corrected chi connectivity index (χ1v) is 8.67. The molecule has 3 nitrogen and oxygen atoms in total. The van der Waals surface area contributed by atoms with Crippen molar-refractivity contribution < 1.29 is 14.3 Å². The first-order chi connectivity index (χ1) is 12.7. The number of methoxy groups -OCH3 is 1. The van der Waals surface area contributed by atoms with E-state index in [1.807, 2.05) is 36.4 Å². The van der Waals surface area contributed by atoms with Gasteiger partial charge >= 0.3 is 5.97 Å². The van der Waals surface area contributed by atoms with Crippen LogP contribution in [0.4, 0.5) is 0 Å². The molecule has 0 heterocycles. The largest absolute Gasteiger partial charge is 0.489 e. The van der Waals surface area contributed by atoms with Crippen LogP contribution in [0.15, 0.2) is 78.9 Å². The Balaban J connectivity index is 1.64. The van der Waals surface area contributed by atoms with Crippen LogP contribution in [0.25, 0.3) is 11.1 Å². The van der Waals surface area contributed by atoms with E-state index in [1.165, 1.54) is 7.11 Å². The number of hydrogen-bond donors (Lipinski definition) is 0. The molecule has 0 saturated heterocycles. The van der Waals surface area contributed by atoms with Gasteiger partial charge in [0.1, 0.15) is 12.4 Å². The molecule has 3 heteroatoms. The maximum absolute atomic E-state index is 11.2. The molecule has 0 saturated carbocycles. The van der Waals surface area contributed by atoms with Gasteiger partial charge in [0, 0.05) is 6.42 Å². The lowest BCUT2D eigenvalue weighted by Gasteiger charge is -2.09. The zero-order valence-electron chi connectivity index (χ0n) is 14.9. The number of rotatable bonds is 7. The Bertz CT molecular complexity index is 839. The van der Waals surface area contributed by atoms with Crippen molar-refractivity contribution in [3.05, 3.63) is 90.0 Å². The normalized spacial score (nSPS) is 10.3. The first kappa shape index (κ1) is 17.7. The molecule has 3 aromatic carbocycles. The molecule has 0 aliphatic rings. The fourth-order valence-corrected chi connectivity index (χ4v) is 2.72. The third kappa shape index (κ3) is 4.96. The monoisotopic (exact) mass is 346 g/mol. The van der Waals surface area contributed by atoms with Gasteiger partial charge in [-0.05, 0) is 40.8 Å². The topological polar surface area (TPSA) is 35.5 Å². The number of carbonyl (C=O) groups excluding carboxylic acids is 1. The van der Waals surface area contributed by atoms with E-state index >= 15 is 0 Å².